The van der Waals surface area contributed by atoms with Gasteiger partial charge in [0.1, 0.15) is 17.3 Å². The Labute approximate surface area is 174 Å². The van der Waals surface area contributed by atoms with Gasteiger partial charge in [-0.2, -0.15) is 0 Å². The predicted octanol–water partition coefficient (Wildman–Crippen LogP) is 3.38. The molecule has 5 rings (SSSR count). The zero-order chi connectivity index (χ0) is 20.7. The fraction of sp³-hybridized carbons (Fsp3) is 0.174. The van der Waals surface area contributed by atoms with E-state index in [0.29, 0.717) is 18.1 Å². The highest BCUT2D eigenvalue weighted by Gasteiger charge is 2.22. The monoisotopic (exact) mass is 398 g/mol. The second-order valence-electron chi connectivity index (χ2n) is 7.46. The lowest BCUT2D eigenvalue weighted by molar-refractivity contribution is 0.0994. The molecule has 150 valence electrons. The summed E-state index contributed by atoms with van der Waals surface area (Å²) >= 11 is 0. The van der Waals surface area contributed by atoms with E-state index >= 15 is 0 Å². The Morgan fingerprint density at radius 2 is 2.00 bits per heavy atom. The third-order valence-corrected chi connectivity index (χ3v) is 5.45. The first-order valence-corrected chi connectivity index (χ1v) is 9.95. The van der Waals surface area contributed by atoms with Gasteiger partial charge in [0.05, 0.1) is 5.52 Å². The summed E-state index contributed by atoms with van der Waals surface area (Å²) in [7, 11) is 0. The van der Waals surface area contributed by atoms with E-state index in [1.54, 1.807) is 6.07 Å². The van der Waals surface area contributed by atoms with Gasteiger partial charge in [-0.25, -0.2) is 9.97 Å². The van der Waals surface area contributed by atoms with Gasteiger partial charge >= 0.3 is 0 Å². The Bertz CT molecular complexity index is 1260. The van der Waals surface area contributed by atoms with Crippen molar-refractivity contribution in [3.63, 3.8) is 0 Å². The summed E-state index contributed by atoms with van der Waals surface area (Å²) in [5.41, 5.74) is 11.0. The van der Waals surface area contributed by atoms with Crippen LogP contribution >= 0.6 is 0 Å². The summed E-state index contributed by atoms with van der Waals surface area (Å²) < 4.78 is 1.81. The topological polar surface area (TPSA) is 97.3 Å². The van der Waals surface area contributed by atoms with Crippen molar-refractivity contribution in [3.8, 4) is 11.4 Å². The molecule has 4 N–H and O–H groups in total. The summed E-state index contributed by atoms with van der Waals surface area (Å²) in [5, 5.41) is 6.85. The van der Waals surface area contributed by atoms with Gasteiger partial charge in [0.25, 0.3) is 5.91 Å². The first-order chi connectivity index (χ1) is 14.6. The van der Waals surface area contributed by atoms with Gasteiger partial charge in [0.15, 0.2) is 5.82 Å². The first kappa shape index (κ1) is 18.2. The number of rotatable bonds is 5. The van der Waals surface area contributed by atoms with E-state index in [2.05, 4.69) is 22.8 Å². The zero-order valence-electron chi connectivity index (χ0n) is 16.6. The molecule has 4 heterocycles. The lowest BCUT2D eigenvalue weighted by Crippen LogP contribution is -2.14. The molecule has 0 unspecified atom stereocenters. The number of hydrogen-bond acceptors (Lipinski definition) is 5. The molecule has 0 saturated heterocycles. The molecule has 30 heavy (non-hydrogen) atoms. The van der Waals surface area contributed by atoms with Crippen LogP contribution in [-0.4, -0.2) is 26.8 Å². The minimum absolute atomic E-state index is 0.434. The van der Waals surface area contributed by atoms with Crippen molar-refractivity contribution in [3.05, 3.63) is 77.1 Å². The molecule has 7 nitrogen and oxygen atoms in total. The molecule has 1 aliphatic heterocycles. The summed E-state index contributed by atoms with van der Waals surface area (Å²) in [6, 6.07) is 15.7. The molecule has 7 heteroatoms. The third kappa shape index (κ3) is 3.04. The second kappa shape index (κ2) is 7.18. The number of aromatic nitrogens is 3. The molecule has 0 saturated carbocycles. The van der Waals surface area contributed by atoms with Gasteiger partial charge in [0.2, 0.25) is 0 Å². The highest BCUT2D eigenvalue weighted by Crippen LogP contribution is 2.34. The number of hydrogen-bond donors (Lipinski definition) is 3. The molecule has 0 aliphatic carbocycles. The number of fused-ring (bicyclic) bond motifs is 2. The molecule has 0 bridgehead atoms. The minimum Gasteiger partial charge on any atom is -0.369 e. The highest BCUT2D eigenvalue weighted by atomic mass is 16.1. The quantitative estimate of drug-likeness (QED) is 0.479. The maximum absolute atomic E-state index is 11.8. The molecule has 0 atom stereocenters. The van der Waals surface area contributed by atoms with E-state index in [-0.39, 0.29) is 0 Å². The molecule has 3 aromatic heterocycles. The number of carbonyl (C=O) groups excluding carboxylic acids is 1. The lowest BCUT2D eigenvalue weighted by Gasteiger charge is -2.12. The van der Waals surface area contributed by atoms with Gasteiger partial charge in [-0.1, -0.05) is 36.4 Å². The number of primary amides is 1. The van der Waals surface area contributed by atoms with Crippen LogP contribution in [0.15, 0.2) is 54.7 Å². The Hall–Kier alpha value is -3.87. The van der Waals surface area contributed by atoms with Crippen molar-refractivity contribution in [1.82, 2.24) is 14.4 Å². The van der Waals surface area contributed by atoms with Crippen LogP contribution in [-0.2, 0) is 13.0 Å². The number of carbonyl (C=O) groups is 1. The van der Waals surface area contributed by atoms with E-state index < -0.39 is 5.91 Å². The summed E-state index contributed by atoms with van der Waals surface area (Å²) in [6.45, 7) is 3.52. The number of aryl methyl sites for hydroxylation is 1. The van der Waals surface area contributed by atoms with Crippen LogP contribution in [0.1, 0.15) is 27.2 Å². The average molecular weight is 398 g/mol. The molecular weight excluding hydrogens is 376 g/mol. The standard InChI is InChI=1S/C23H22N6O/c1-14-13-29-17(8-5-9-18(29)20(24)30)19(14)23-27-21-16(10-11-25-21)22(28-23)26-12-15-6-3-2-4-7-15/h2-9,13H,10-12H2,1H3,(H2,24,30)(H2,25,26,27,28). The number of nitrogens with zero attached hydrogens (tertiary/aromatic N) is 3. The van der Waals surface area contributed by atoms with Crippen LogP contribution in [0.3, 0.4) is 0 Å². The number of pyridine rings is 1. The molecule has 4 aromatic rings. The normalized spacial score (nSPS) is 12.6. The van der Waals surface area contributed by atoms with Crippen LogP contribution in [0.4, 0.5) is 11.6 Å². The Balaban J connectivity index is 1.61. The van der Waals surface area contributed by atoms with Crippen molar-refractivity contribution < 1.29 is 4.79 Å². The van der Waals surface area contributed by atoms with E-state index in [4.69, 9.17) is 15.7 Å². The van der Waals surface area contributed by atoms with Crippen molar-refractivity contribution >= 4 is 23.1 Å². The van der Waals surface area contributed by atoms with Crippen LogP contribution in [0.2, 0.25) is 0 Å². The van der Waals surface area contributed by atoms with Crippen molar-refractivity contribution in [2.24, 2.45) is 5.73 Å². The molecule has 1 amide bonds. The third-order valence-electron chi connectivity index (χ3n) is 5.45. The minimum atomic E-state index is -0.469. The first-order valence-electron chi connectivity index (χ1n) is 9.95. The van der Waals surface area contributed by atoms with Crippen LogP contribution in [0.25, 0.3) is 16.9 Å². The number of anilines is 2. The van der Waals surface area contributed by atoms with Gasteiger partial charge in [-0.05, 0) is 36.6 Å². The largest absolute Gasteiger partial charge is 0.369 e. The van der Waals surface area contributed by atoms with E-state index in [9.17, 15) is 4.79 Å². The molecule has 0 radical (unpaired) electrons. The van der Waals surface area contributed by atoms with E-state index in [1.165, 1.54) is 5.56 Å². The fourth-order valence-corrected chi connectivity index (χ4v) is 4.03. The van der Waals surface area contributed by atoms with Crippen molar-refractivity contribution in [2.75, 3.05) is 17.2 Å². The van der Waals surface area contributed by atoms with Crippen molar-refractivity contribution in [1.29, 1.82) is 0 Å². The fourth-order valence-electron chi connectivity index (χ4n) is 4.03. The molecular formula is C23H22N6O. The Morgan fingerprint density at radius 3 is 2.80 bits per heavy atom. The molecule has 0 spiro atoms. The SMILES string of the molecule is Cc1cn2c(C(N)=O)cccc2c1-c1nc2c(c(NCc3ccccc3)n1)CCN2. The highest BCUT2D eigenvalue weighted by molar-refractivity contribution is 5.94. The summed E-state index contributed by atoms with van der Waals surface area (Å²) in [4.78, 5) is 21.6. The van der Waals surface area contributed by atoms with Gasteiger partial charge < -0.3 is 20.8 Å². The van der Waals surface area contributed by atoms with Crippen LogP contribution in [0.5, 0.6) is 0 Å². The maximum Gasteiger partial charge on any atom is 0.265 e. The number of amides is 1. The van der Waals surface area contributed by atoms with Crippen LogP contribution in [0, 0.1) is 6.92 Å². The lowest BCUT2D eigenvalue weighted by atomic mass is 10.1. The Kier molecular flexibility index (Phi) is 4.35. The maximum atomic E-state index is 11.8. The van der Waals surface area contributed by atoms with Gasteiger partial charge in [-0.15, -0.1) is 0 Å². The zero-order valence-corrected chi connectivity index (χ0v) is 16.6. The van der Waals surface area contributed by atoms with E-state index in [0.717, 1.165) is 46.8 Å². The number of benzene rings is 1. The summed E-state index contributed by atoms with van der Waals surface area (Å²) in [5.74, 6) is 1.86. The molecule has 0 fully saturated rings. The van der Waals surface area contributed by atoms with Gasteiger partial charge in [0, 0.05) is 30.4 Å². The predicted molar refractivity (Wildman–Crippen MR) is 118 cm³/mol. The smallest absolute Gasteiger partial charge is 0.265 e. The van der Waals surface area contributed by atoms with Crippen molar-refractivity contribution in [2.45, 2.75) is 19.9 Å². The van der Waals surface area contributed by atoms with E-state index in [1.807, 2.05) is 47.9 Å². The number of nitrogens with one attached hydrogen (secondary N) is 2. The summed E-state index contributed by atoms with van der Waals surface area (Å²) in [6.07, 6.45) is 2.79. The molecule has 1 aliphatic rings. The number of nitrogens with two attached hydrogens (primary N) is 1. The molecule has 1 aromatic carbocycles. The average Bonchev–Trinajstić information content (AvgIpc) is 3.35. The van der Waals surface area contributed by atoms with Gasteiger partial charge in [-0.3, -0.25) is 4.79 Å². The second-order valence-corrected chi connectivity index (χ2v) is 7.46. The van der Waals surface area contributed by atoms with Crippen LogP contribution < -0.4 is 16.4 Å². The Morgan fingerprint density at radius 1 is 1.17 bits per heavy atom.